The Bertz CT molecular complexity index is 529. The normalized spacial score (nSPS) is 10.3. The predicted octanol–water partition coefficient (Wildman–Crippen LogP) is 4.42. The van der Waals surface area contributed by atoms with Gasteiger partial charge in [0.1, 0.15) is 5.15 Å². The summed E-state index contributed by atoms with van der Waals surface area (Å²) in [7, 11) is 0. The van der Waals surface area contributed by atoms with Gasteiger partial charge in [-0.25, -0.2) is 4.98 Å². The summed E-state index contributed by atoms with van der Waals surface area (Å²) < 4.78 is 1.10. The lowest BCUT2D eigenvalue weighted by Crippen LogP contribution is -2.02. The minimum atomic E-state index is 0.522. The molecule has 0 saturated carbocycles. The molecule has 17 heavy (non-hydrogen) atoms. The summed E-state index contributed by atoms with van der Waals surface area (Å²) in [5.74, 6) is 0. The molecule has 1 aromatic heterocycles. The van der Waals surface area contributed by atoms with Crippen molar-refractivity contribution in [3.8, 4) is 0 Å². The summed E-state index contributed by atoms with van der Waals surface area (Å²) >= 11 is 9.34. The van der Waals surface area contributed by atoms with E-state index < -0.39 is 0 Å². The van der Waals surface area contributed by atoms with Gasteiger partial charge in [-0.3, -0.25) is 0 Å². The molecule has 1 heterocycles. The van der Waals surface area contributed by atoms with Crippen molar-refractivity contribution >= 4 is 33.2 Å². The van der Waals surface area contributed by atoms with Crippen molar-refractivity contribution in [1.82, 2.24) is 4.98 Å². The number of rotatable bonds is 3. The number of anilines is 1. The molecule has 0 unspecified atom stereocenters. The first-order chi connectivity index (χ1) is 8.16. The van der Waals surface area contributed by atoms with Crippen molar-refractivity contribution in [2.24, 2.45) is 0 Å². The van der Waals surface area contributed by atoms with Crippen molar-refractivity contribution in [3.05, 3.63) is 57.3 Å². The van der Waals surface area contributed by atoms with E-state index in [2.05, 4.69) is 32.3 Å². The van der Waals surface area contributed by atoms with Crippen LogP contribution in [-0.2, 0) is 6.54 Å². The van der Waals surface area contributed by atoms with E-state index in [1.165, 1.54) is 5.56 Å². The molecule has 1 N–H and O–H groups in total. The molecule has 2 rings (SSSR count). The second kappa shape index (κ2) is 5.52. The van der Waals surface area contributed by atoms with E-state index in [1.807, 2.05) is 31.2 Å². The Kier molecular flexibility index (Phi) is 4.02. The molecule has 0 radical (unpaired) electrons. The average Bonchev–Trinajstić information content (AvgIpc) is 2.30. The van der Waals surface area contributed by atoms with Gasteiger partial charge in [-0.15, -0.1) is 0 Å². The molecule has 0 aliphatic carbocycles. The van der Waals surface area contributed by atoms with E-state index in [9.17, 15) is 0 Å². The number of aromatic nitrogens is 1. The SMILES string of the molecule is Cc1nc(Cl)ccc1NCc1ccccc1Br. The maximum atomic E-state index is 5.81. The van der Waals surface area contributed by atoms with Gasteiger partial charge in [0, 0.05) is 11.0 Å². The highest BCUT2D eigenvalue weighted by atomic mass is 79.9. The second-order valence-corrected chi connectivity index (χ2v) is 4.95. The summed E-state index contributed by atoms with van der Waals surface area (Å²) in [6, 6.07) is 11.9. The van der Waals surface area contributed by atoms with E-state index in [0.29, 0.717) is 5.15 Å². The summed E-state index contributed by atoms with van der Waals surface area (Å²) in [5, 5.41) is 3.87. The number of aryl methyl sites for hydroxylation is 1. The molecular formula is C13H12BrClN2. The van der Waals surface area contributed by atoms with Crippen LogP contribution in [0.2, 0.25) is 5.15 Å². The minimum absolute atomic E-state index is 0.522. The van der Waals surface area contributed by atoms with Crippen LogP contribution in [0.5, 0.6) is 0 Å². The molecule has 0 fully saturated rings. The number of nitrogens with zero attached hydrogens (tertiary/aromatic N) is 1. The monoisotopic (exact) mass is 310 g/mol. The Labute approximate surface area is 114 Å². The molecule has 0 aliphatic heterocycles. The minimum Gasteiger partial charge on any atom is -0.379 e. The zero-order valence-corrected chi connectivity index (χ0v) is 11.7. The Balaban J connectivity index is 2.10. The average molecular weight is 312 g/mol. The highest BCUT2D eigenvalue weighted by Gasteiger charge is 2.02. The van der Waals surface area contributed by atoms with Crippen LogP contribution in [-0.4, -0.2) is 4.98 Å². The number of halogens is 2. The maximum Gasteiger partial charge on any atom is 0.129 e. The van der Waals surface area contributed by atoms with Crippen molar-refractivity contribution < 1.29 is 0 Å². The predicted molar refractivity (Wildman–Crippen MR) is 75.5 cm³/mol. The third-order valence-corrected chi connectivity index (χ3v) is 3.46. The highest BCUT2D eigenvalue weighted by Crippen LogP contribution is 2.20. The zero-order chi connectivity index (χ0) is 12.3. The Hall–Kier alpha value is -1.06. The zero-order valence-electron chi connectivity index (χ0n) is 9.37. The van der Waals surface area contributed by atoms with Crippen LogP contribution in [0.25, 0.3) is 0 Å². The fraction of sp³-hybridized carbons (Fsp3) is 0.154. The van der Waals surface area contributed by atoms with Gasteiger partial charge in [-0.1, -0.05) is 45.7 Å². The van der Waals surface area contributed by atoms with Gasteiger partial charge in [0.2, 0.25) is 0 Å². The Morgan fingerprint density at radius 2 is 2.00 bits per heavy atom. The summed E-state index contributed by atoms with van der Waals surface area (Å²) in [6.45, 7) is 2.69. The molecule has 1 aromatic carbocycles. The number of hydrogen-bond acceptors (Lipinski definition) is 2. The van der Waals surface area contributed by atoms with E-state index >= 15 is 0 Å². The van der Waals surface area contributed by atoms with Crippen molar-refractivity contribution in [1.29, 1.82) is 0 Å². The molecule has 0 saturated heterocycles. The van der Waals surface area contributed by atoms with E-state index in [0.717, 1.165) is 22.4 Å². The quantitative estimate of drug-likeness (QED) is 0.849. The Morgan fingerprint density at radius 3 is 2.71 bits per heavy atom. The van der Waals surface area contributed by atoms with Crippen LogP contribution in [0.4, 0.5) is 5.69 Å². The standard InChI is InChI=1S/C13H12BrClN2/c1-9-12(6-7-13(15)17-9)16-8-10-4-2-3-5-11(10)14/h2-7,16H,8H2,1H3. The fourth-order valence-corrected chi connectivity index (χ4v) is 2.16. The van der Waals surface area contributed by atoms with Gasteiger partial charge in [0.15, 0.2) is 0 Å². The number of benzene rings is 1. The van der Waals surface area contributed by atoms with Crippen molar-refractivity contribution in [3.63, 3.8) is 0 Å². The molecular weight excluding hydrogens is 300 g/mol. The number of hydrogen-bond donors (Lipinski definition) is 1. The van der Waals surface area contributed by atoms with Crippen LogP contribution in [0.3, 0.4) is 0 Å². The number of nitrogens with one attached hydrogen (secondary N) is 1. The topological polar surface area (TPSA) is 24.9 Å². The molecule has 0 bridgehead atoms. The molecule has 88 valence electrons. The molecule has 0 spiro atoms. The summed E-state index contributed by atoms with van der Waals surface area (Å²) in [5.41, 5.74) is 3.12. The third kappa shape index (κ3) is 3.20. The van der Waals surface area contributed by atoms with Crippen LogP contribution in [0.15, 0.2) is 40.9 Å². The van der Waals surface area contributed by atoms with Gasteiger partial charge in [0.25, 0.3) is 0 Å². The lowest BCUT2D eigenvalue weighted by molar-refractivity contribution is 1.10. The van der Waals surface area contributed by atoms with Crippen LogP contribution in [0, 0.1) is 6.92 Å². The summed E-state index contributed by atoms with van der Waals surface area (Å²) in [6.07, 6.45) is 0. The van der Waals surface area contributed by atoms with Crippen molar-refractivity contribution in [2.75, 3.05) is 5.32 Å². The first-order valence-electron chi connectivity index (χ1n) is 5.27. The van der Waals surface area contributed by atoms with Gasteiger partial charge < -0.3 is 5.32 Å². The number of pyridine rings is 1. The lowest BCUT2D eigenvalue weighted by atomic mass is 10.2. The molecule has 0 atom stereocenters. The lowest BCUT2D eigenvalue weighted by Gasteiger charge is -2.10. The van der Waals surface area contributed by atoms with Crippen LogP contribution in [0.1, 0.15) is 11.3 Å². The van der Waals surface area contributed by atoms with Gasteiger partial charge in [-0.2, -0.15) is 0 Å². The maximum absolute atomic E-state index is 5.81. The van der Waals surface area contributed by atoms with E-state index in [4.69, 9.17) is 11.6 Å². The van der Waals surface area contributed by atoms with E-state index in [1.54, 1.807) is 6.07 Å². The molecule has 4 heteroatoms. The highest BCUT2D eigenvalue weighted by molar-refractivity contribution is 9.10. The fourth-order valence-electron chi connectivity index (χ4n) is 1.55. The molecule has 0 amide bonds. The Morgan fingerprint density at radius 1 is 1.24 bits per heavy atom. The third-order valence-electron chi connectivity index (χ3n) is 2.48. The van der Waals surface area contributed by atoms with Crippen LogP contribution >= 0.6 is 27.5 Å². The van der Waals surface area contributed by atoms with Gasteiger partial charge in [0.05, 0.1) is 11.4 Å². The van der Waals surface area contributed by atoms with Crippen molar-refractivity contribution in [2.45, 2.75) is 13.5 Å². The molecule has 2 nitrogen and oxygen atoms in total. The molecule has 0 aliphatic rings. The van der Waals surface area contributed by atoms with Crippen LogP contribution < -0.4 is 5.32 Å². The summed E-state index contributed by atoms with van der Waals surface area (Å²) in [4.78, 5) is 4.20. The van der Waals surface area contributed by atoms with E-state index in [-0.39, 0.29) is 0 Å². The largest absolute Gasteiger partial charge is 0.379 e. The smallest absolute Gasteiger partial charge is 0.129 e. The first-order valence-corrected chi connectivity index (χ1v) is 6.44. The first kappa shape index (κ1) is 12.4. The molecule has 2 aromatic rings. The van der Waals surface area contributed by atoms with Gasteiger partial charge >= 0.3 is 0 Å². The van der Waals surface area contributed by atoms with Gasteiger partial charge in [-0.05, 0) is 30.7 Å². The second-order valence-electron chi connectivity index (χ2n) is 3.71.